The van der Waals surface area contributed by atoms with Crippen LogP contribution in [0.3, 0.4) is 0 Å². The lowest BCUT2D eigenvalue weighted by Gasteiger charge is -2.35. The van der Waals surface area contributed by atoms with Gasteiger partial charge in [-0.2, -0.15) is 4.37 Å². The summed E-state index contributed by atoms with van der Waals surface area (Å²) in [6.45, 7) is 8.70. The van der Waals surface area contributed by atoms with Gasteiger partial charge in [-0.05, 0) is 50.1 Å². The molecule has 0 spiro atoms. The molecular formula is C15H24N2O2S. The molecule has 4 nitrogen and oxygen atoms in total. The molecule has 0 amide bonds. The number of anilines is 1. The minimum atomic E-state index is -0.267. The summed E-state index contributed by atoms with van der Waals surface area (Å²) in [6.07, 6.45) is 4.80. The van der Waals surface area contributed by atoms with Gasteiger partial charge < -0.3 is 10.1 Å². The predicted molar refractivity (Wildman–Crippen MR) is 82.5 cm³/mol. The van der Waals surface area contributed by atoms with E-state index in [1.54, 1.807) is 0 Å². The van der Waals surface area contributed by atoms with Crippen molar-refractivity contribution in [1.29, 1.82) is 0 Å². The number of nitrogens with one attached hydrogen (secondary N) is 1. The van der Waals surface area contributed by atoms with Crippen LogP contribution in [0.5, 0.6) is 0 Å². The first-order chi connectivity index (χ1) is 9.43. The van der Waals surface area contributed by atoms with E-state index >= 15 is 0 Å². The average molecular weight is 296 g/mol. The van der Waals surface area contributed by atoms with Gasteiger partial charge >= 0.3 is 5.97 Å². The minimum Gasteiger partial charge on any atom is -0.462 e. The first-order valence-corrected chi connectivity index (χ1v) is 8.10. The SMILES string of the molecule is CCOC(=O)c1c(C)nsc1NC1CCCC(C)(C)C1. The number of ether oxygens (including phenoxy) is 1. The first-order valence-electron chi connectivity index (χ1n) is 7.33. The van der Waals surface area contributed by atoms with Crippen LogP contribution in [-0.4, -0.2) is 23.0 Å². The van der Waals surface area contributed by atoms with Crippen molar-refractivity contribution in [3.63, 3.8) is 0 Å². The monoisotopic (exact) mass is 296 g/mol. The maximum Gasteiger partial charge on any atom is 0.343 e. The van der Waals surface area contributed by atoms with Gasteiger partial charge in [0, 0.05) is 6.04 Å². The van der Waals surface area contributed by atoms with Gasteiger partial charge in [0.2, 0.25) is 0 Å². The molecule has 1 fully saturated rings. The predicted octanol–water partition coefficient (Wildman–Crippen LogP) is 4.01. The third-order valence-electron chi connectivity index (χ3n) is 3.88. The Labute approximate surface area is 125 Å². The summed E-state index contributed by atoms with van der Waals surface area (Å²) in [6, 6.07) is 0.423. The van der Waals surface area contributed by atoms with E-state index in [0.29, 0.717) is 23.6 Å². The van der Waals surface area contributed by atoms with Crippen molar-refractivity contribution in [3.05, 3.63) is 11.3 Å². The Morgan fingerprint density at radius 3 is 2.95 bits per heavy atom. The largest absolute Gasteiger partial charge is 0.462 e. The summed E-state index contributed by atoms with van der Waals surface area (Å²) >= 11 is 1.36. The molecule has 1 heterocycles. The highest BCUT2D eigenvalue weighted by atomic mass is 32.1. The number of nitrogens with zero attached hydrogens (tertiary/aromatic N) is 1. The minimum absolute atomic E-state index is 0.267. The van der Waals surface area contributed by atoms with E-state index in [0.717, 1.165) is 23.5 Å². The zero-order chi connectivity index (χ0) is 14.8. The Balaban J connectivity index is 2.11. The molecular weight excluding hydrogens is 272 g/mol. The van der Waals surface area contributed by atoms with Gasteiger partial charge in [0.05, 0.1) is 12.3 Å². The Hall–Kier alpha value is -1.10. The Bertz CT molecular complexity index is 482. The molecule has 1 aromatic heterocycles. The number of hydrogen-bond acceptors (Lipinski definition) is 5. The Morgan fingerprint density at radius 2 is 2.30 bits per heavy atom. The number of hydrogen-bond donors (Lipinski definition) is 1. The summed E-state index contributed by atoms with van der Waals surface area (Å²) in [5.74, 6) is -0.267. The van der Waals surface area contributed by atoms with E-state index in [-0.39, 0.29) is 5.97 Å². The second kappa shape index (κ2) is 6.12. The van der Waals surface area contributed by atoms with Crippen LogP contribution in [0, 0.1) is 12.3 Å². The van der Waals surface area contributed by atoms with Gasteiger partial charge in [-0.25, -0.2) is 4.79 Å². The molecule has 0 radical (unpaired) electrons. The lowest BCUT2D eigenvalue weighted by Crippen LogP contribution is -2.32. The first kappa shape index (κ1) is 15.3. The fraction of sp³-hybridized carbons (Fsp3) is 0.733. The lowest BCUT2D eigenvalue weighted by molar-refractivity contribution is 0.0527. The van der Waals surface area contributed by atoms with Crippen LogP contribution in [0.15, 0.2) is 0 Å². The van der Waals surface area contributed by atoms with Gasteiger partial charge in [0.1, 0.15) is 10.6 Å². The molecule has 1 N–H and O–H groups in total. The molecule has 20 heavy (non-hydrogen) atoms. The molecule has 1 saturated carbocycles. The van der Waals surface area contributed by atoms with Crippen molar-refractivity contribution in [2.24, 2.45) is 5.41 Å². The van der Waals surface area contributed by atoms with Crippen LogP contribution in [0.4, 0.5) is 5.00 Å². The van der Waals surface area contributed by atoms with Crippen LogP contribution in [0.25, 0.3) is 0 Å². The molecule has 0 saturated heterocycles. The van der Waals surface area contributed by atoms with Crippen molar-refractivity contribution in [3.8, 4) is 0 Å². The summed E-state index contributed by atoms with van der Waals surface area (Å²) in [5.41, 5.74) is 1.74. The summed E-state index contributed by atoms with van der Waals surface area (Å²) in [7, 11) is 0. The highest BCUT2D eigenvalue weighted by molar-refractivity contribution is 7.10. The van der Waals surface area contributed by atoms with E-state index in [1.165, 1.54) is 24.4 Å². The van der Waals surface area contributed by atoms with E-state index in [4.69, 9.17) is 4.74 Å². The van der Waals surface area contributed by atoms with Crippen molar-refractivity contribution in [2.45, 2.75) is 59.4 Å². The highest BCUT2D eigenvalue weighted by Crippen LogP contribution is 2.37. The normalized spacial score (nSPS) is 21.5. The van der Waals surface area contributed by atoms with Gasteiger partial charge in [0.15, 0.2) is 0 Å². The quantitative estimate of drug-likeness (QED) is 0.853. The van der Waals surface area contributed by atoms with E-state index < -0.39 is 0 Å². The molecule has 0 aliphatic heterocycles. The lowest BCUT2D eigenvalue weighted by atomic mass is 9.75. The van der Waals surface area contributed by atoms with Gasteiger partial charge in [0.25, 0.3) is 0 Å². The maximum atomic E-state index is 12.0. The topological polar surface area (TPSA) is 51.2 Å². The number of aryl methyl sites for hydroxylation is 1. The summed E-state index contributed by atoms with van der Waals surface area (Å²) < 4.78 is 9.43. The van der Waals surface area contributed by atoms with Gasteiger partial charge in [-0.15, -0.1) is 0 Å². The molecule has 2 rings (SSSR count). The Kier molecular flexibility index (Phi) is 4.68. The third kappa shape index (κ3) is 3.51. The van der Waals surface area contributed by atoms with Crippen LogP contribution in [-0.2, 0) is 4.74 Å². The molecule has 112 valence electrons. The molecule has 5 heteroatoms. The standard InChI is InChI=1S/C15H24N2O2S/c1-5-19-14(18)12-10(2)17-20-13(12)16-11-7-6-8-15(3,4)9-11/h11,16H,5-9H2,1-4H3. The number of rotatable bonds is 4. The second-order valence-electron chi connectivity index (χ2n) is 6.29. The molecule has 1 aliphatic rings. The number of esters is 1. The van der Waals surface area contributed by atoms with Crippen molar-refractivity contribution >= 4 is 22.5 Å². The van der Waals surface area contributed by atoms with Crippen LogP contribution in [0.2, 0.25) is 0 Å². The van der Waals surface area contributed by atoms with Crippen LogP contribution >= 0.6 is 11.5 Å². The molecule has 0 aromatic carbocycles. The maximum absolute atomic E-state index is 12.0. The van der Waals surface area contributed by atoms with Crippen LogP contribution in [0.1, 0.15) is 62.5 Å². The van der Waals surface area contributed by atoms with Gasteiger partial charge in [-0.1, -0.05) is 20.3 Å². The van der Waals surface area contributed by atoms with Crippen molar-refractivity contribution in [1.82, 2.24) is 4.37 Å². The summed E-state index contributed by atoms with van der Waals surface area (Å²) in [5, 5.41) is 4.38. The molecule has 1 aliphatic carbocycles. The smallest absolute Gasteiger partial charge is 0.343 e. The van der Waals surface area contributed by atoms with E-state index in [9.17, 15) is 4.79 Å². The second-order valence-corrected chi connectivity index (χ2v) is 7.07. The molecule has 1 atom stereocenters. The number of aromatic nitrogens is 1. The zero-order valence-electron chi connectivity index (χ0n) is 12.8. The Morgan fingerprint density at radius 1 is 1.55 bits per heavy atom. The highest BCUT2D eigenvalue weighted by Gasteiger charge is 2.29. The summed E-state index contributed by atoms with van der Waals surface area (Å²) in [4.78, 5) is 12.0. The fourth-order valence-corrected chi connectivity index (χ4v) is 3.78. The zero-order valence-corrected chi connectivity index (χ0v) is 13.6. The van der Waals surface area contributed by atoms with E-state index in [2.05, 4.69) is 23.5 Å². The van der Waals surface area contributed by atoms with Crippen molar-refractivity contribution < 1.29 is 9.53 Å². The fourth-order valence-electron chi connectivity index (χ4n) is 2.92. The number of carbonyl (C=O) groups is 1. The average Bonchev–Trinajstić information content (AvgIpc) is 2.69. The van der Waals surface area contributed by atoms with Crippen molar-refractivity contribution in [2.75, 3.05) is 11.9 Å². The van der Waals surface area contributed by atoms with Crippen LogP contribution < -0.4 is 5.32 Å². The molecule has 1 unspecified atom stereocenters. The third-order valence-corrected chi connectivity index (χ3v) is 4.75. The van der Waals surface area contributed by atoms with E-state index in [1.807, 2.05) is 13.8 Å². The molecule has 1 aromatic rings. The van der Waals surface area contributed by atoms with Gasteiger partial charge in [-0.3, -0.25) is 0 Å². The number of carbonyl (C=O) groups excluding carboxylic acids is 1. The molecule has 0 bridgehead atoms.